The summed E-state index contributed by atoms with van der Waals surface area (Å²) in [5.74, 6) is 0. The molecule has 0 bridgehead atoms. The monoisotopic (exact) mass is 383 g/mol. The Balaban J connectivity index is 1.65. The van der Waals surface area contributed by atoms with E-state index in [0.29, 0.717) is 0 Å². The smallest absolute Gasteiger partial charge is 0.140 e. The number of pyridine rings is 1. The van der Waals surface area contributed by atoms with E-state index in [1.54, 1.807) is 0 Å². The van der Waals surface area contributed by atoms with Crippen LogP contribution in [0.1, 0.15) is 0 Å². The zero-order valence-electron chi connectivity index (χ0n) is 16.2. The van der Waals surface area contributed by atoms with Crippen molar-refractivity contribution in [2.45, 2.75) is 0 Å². The second kappa shape index (κ2) is 5.71. The molecule has 0 unspecified atom stereocenters. The second-order valence-electron chi connectivity index (χ2n) is 7.79. The zero-order chi connectivity index (χ0) is 19.7. The summed E-state index contributed by atoms with van der Waals surface area (Å²) in [7, 11) is 0. The molecule has 0 atom stereocenters. The maximum Gasteiger partial charge on any atom is 0.140 e. The molecule has 0 amide bonds. The largest absolute Gasteiger partial charge is 0.309 e. The van der Waals surface area contributed by atoms with Crippen molar-refractivity contribution in [3.05, 3.63) is 103 Å². The number of aromatic nitrogens is 3. The Morgan fingerprint density at radius 3 is 2.27 bits per heavy atom. The van der Waals surface area contributed by atoms with Gasteiger partial charge in [0, 0.05) is 28.7 Å². The molecular weight excluding hydrogens is 366 g/mol. The highest BCUT2D eigenvalue weighted by Crippen LogP contribution is 2.34. The van der Waals surface area contributed by atoms with Crippen molar-refractivity contribution < 1.29 is 0 Å². The van der Waals surface area contributed by atoms with Crippen LogP contribution in [0.25, 0.3) is 54.9 Å². The molecule has 0 aliphatic heterocycles. The van der Waals surface area contributed by atoms with E-state index >= 15 is 0 Å². The van der Waals surface area contributed by atoms with Gasteiger partial charge in [0.05, 0.1) is 22.1 Å². The van der Waals surface area contributed by atoms with Crippen LogP contribution in [0.5, 0.6) is 0 Å². The molecule has 3 aromatic heterocycles. The van der Waals surface area contributed by atoms with Gasteiger partial charge in [0.1, 0.15) is 5.65 Å². The summed E-state index contributed by atoms with van der Waals surface area (Å²) >= 11 is 0. The first-order chi connectivity index (χ1) is 14.9. The standard InChI is InChI=1S/C27H17N3/c1-2-8-19-15-20(14-13-18(19)7-1)30-24-11-5-3-9-21(24)22-17-29-25-12-6-4-10-23(25)28-27(29)16-26(22)30/h1-17H. The first-order valence-corrected chi connectivity index (χ1v) is 10.2. The van der Waals surface area contributed by atoms with Crippen molar-refractivity contribution in [1.29, 1.82) is 0 Å². The Kier molecular flexibility index (Phi) is 3.00. The summed E-state index contributed by atoms with van der Waals surface area (Å²) < 4.78 is 4.56. The molecule has 3 heterocycles. The summed E-state index contributed by atoms with van der Waals surface area (Å²) in [4.78, 5) is 4.87. The highest BCUT2D eigenvalue weighted by Gasteiger charge is 2.15. The highest BCUT2D eigenvalue weighted by atomic mass is 15.0. The maximum atomic E-state index is 4.87. The Bertz CT molecular complexity index is 1750. The molecule has 7 aromatic rings. The Labute approximate surface area is 172 Å². The lowest BCUT2D eigenvalue weighted by Crippen LogP contribution is -1.94. The molecule has 140 valence electrons. The number of para-hydroxylation sites is 3. The van der Waals surface area contributed by atoms with Crippen LogP contribution in [-0.2, 0) is 0 Å². The summed E-state index contributed by atoms with van der Waals surface area (Å²) in [5, 5.41) is 4.98. The van der Waals surface area contributed by atoms with Gasteiger partial charge in [0.25, 0.3) is 0 Å². The minimum absolute atomic E-state index is 0.966. The maximum absolute atomic E-state index is 4.87. The summed E-state index contributed by atoms with van der Waals surface area (Å²) in [5.41, 5.74) is 6.67. The van der Waals surface area contributed by atoms with Gasteiger partial charge >= 0.3 is 0 Å². The van der Waals surface area contributed by atoms with E-state index < -0.39 is 0 Å². The van der Waals surface area contributed by atoms with Gasteiger partial charge < -0.3 is 4.57 Å². The van der Waals surface area contributed by atoms with Crippen molar-refractivity contribution in [3.8, 4) is 5.69 Å². The van der Waals surface area contributed by atoms with E-state index in [4.69, 9.17) is 4.98 Å². The molecule has 7 rings (SSSR count). The third-order valence-corrected chi connectivity index (χ3v) is 6.09. The predicted molar refractivity (Wildman–Crippen MR) is 125 cm³/mol. The number of benzene rings is 4. The summed E-state index contributed by atoms with van der Waals surface area (Å²) in [6.07, 6.45) is 2.24. The van der Waals surface area contributed by atoms with Crippen LogP contribution in [0.3, 0.4) is 0 Å². The third kappa shape index (κ3) is 2.06. The van der Waals surface area contributed by atoms with Crippen molar-refractivity contribution in [3.63, 3.8) is 0 Å². The van der Waals surface area contributed by atoms with Gasteiger partial charge in [0.15, 0.2) is 0 Å². The average Bonchev–Trinajstić information content (AvgIpc) is 3.32. The molecule has 4 aromatic carbocycles. The normalized spacial score (nSPS) is 12.0. The first kappa shape index (κ1) is 15.8. The van der Waals surface area contributed by atoms with Crippen molar-refractivity contribution in [2.75, 3.05) is 0 Å². The van der Waals surface area contributed by atoms with E-state index in [-0.39, 0.29) is 0 Å². The minimum Gasteiger partial charge on any atom is -0.309 e. The number of hydrogen-bond donors (Lipinski definition) is 0. The zero-order valence-corrected chi connectivity index (χ0v) is 16.2. The van der Waals surface area contributed by atoms with Crippen LogP contribution in [0.2, 0.25) is 0 Å². The first-order valence-electron chi connectivity index (χ1n) is 10.2. The number of rotatable bonds is 1. The molecule has 0 saturated carbocycles. The Morgan fingerprint density at radius 2 is 1.33 bits per heavy atom. The van der Waals surface area contributed by atoms with Gasteiger partial charge in [-0.2, -0.15) is 0 Å². The fourth-order valence-electron chi connectivity index (χ4n) is 4.71. The summed E-state index contributed by atoms with van der Waals surface area (Å²) in [6, 6.07) is 34.3. The van der Waals surface area contributed by atoms with E-state index in [0.717, 1.165) is 16.7 Å². The number of fused-ring (bicyclic) bond motifs is 7. The molecule has 30 heavy (non-hydrogen) atoms. The lowest BCUT2D eigenvalue weighted by atomic mass is 10.1. The highest BCUT2D eigenvalue weighted by molar-refractivity contribution is 6.10. The molecule has 3 heteroatoms. The fraction of sp³-hybridized carbons (Fsp3) is 0. The van der Waals surface area contributed by atoms with Crippen LogP contribution >= 0.6 is 0 Å². The topological polar surface area (TPSA) is 22.2 Å². The lowest BCUT2D eigenvalue weighted by molar-refractivity contribution is 1.17. The van der Waals surface area contributed by atoms with Gasteiger partial charge in [-0.05, 0) is 41.1 Å². The molecular formula is C27H17N3. The Hall–Kier alpha value is -4.11. The number of imidazole rings is 1. The van der Waals surface area contributed by atoms with Crippen LogP contribution in [0.15, 0.2) is 103 Å². The van der Waals surface area contributed by atoms with E-state index in [1.165, 1.54) is 38.3 Å². The van der Waals surface area contributed by atoms with Gasteiger partial charge in [-0.1, -0.05) is 60.7 Å². The predicted octanol–water partition coefficient (Wildman–Crippen LogP) is 6.74. The van der Waals surface area contributed by atoms with Crippen LogP contribution in [0, 0.1) is 0 Å². The number of nitrogens with zero attached hydrogens (tertiary/aromatic N) is 3. The van der Waals surface area contributed by atoms with Crippen molar-refractivity contribution in [1.82, 2.24) is 14.0 Å². The minimum atomic E-state index is 0.966. The molecule has 3 nitrogen and oxygen atoms in total. The van der Waals surface area contributed by atoms with Crippen LogP contribution in [0.4, 0.5) is 0 Å². The molecule has 0 radical (unpaired) electrons. The molecule has 0 N–H and O–H groups in total. The van der Waals surface area contributed by atoms with E-state index in [2.05, 4.69) is 106 Å². The SMILES string of the molecule is c1ccc2cc(-n3c4ccccc4c4cn5c(cc43)nc3ccccc35)ccc2c1. The van der Waals surface area contributed by atoms with Crippen LogP contribution in [-0.4, -0.2) is 14.0 Å². The summed E-state index contributed by atoms with van der Waals surface area (Å²) in [6.45, 7) is 0. The molecule has 0 aliphatic carbocycles. The molecule has 0 spiro atoms. The van der Waals surface area contributed by atoms with E-state index in [1.807, 2.05) is 6.07 Å². The lowest BCUT2D eigenvalue weighted by Gasteiger charge is -2.09. The molecule has 0 saturated heterocycles. The van der Waals surface area contributed by atoms with Gasteiger partial charge in [-0.15, -0.1) is 0 Å². The van der Waals surface area contributed by atoms with Crippen LogP contribution < -0.4 is 0 Å². The van der Waals surface area contributed by atoms with Gasteiger partial charge in [-0.3, -0.25) is 4.40 Å². The molecule has 0 aliphatic rings. The molecule has 0 fully saturated rings. The van der Waals surface area contributed by atoms with Gasteiger partial charge in [0.2, 0.25) is 0 Å². The average molecular weight is 383 g/mol. The fourth-order valence-corrected chi connectivity index (χ4v) is 4.71. The van der Waals surface area contributed by atoms with Crippen molar-refractivity contribution >= 4 is 49.3 Å². The number of hydrogen-bond acceptors (Lipinski definition) is 1. The van der Waals surface area contributed by atoms with Crippen molar-refractivity contribution in [2.24, 2.45) is 0 Å². The van der Waals surface area contributed by atoms with E-state index in [9.17, 15) is 0 Å². The third-order valence-electron chi connectivity index (χ3n) is 6.09. The second-order valence-corrected chi connectivity index (χ2v) is 7.79. The Morgan fingerprint density at radius 1 is 0.567 bits per heavy atom. The van der Waals surface area contributed by atoms with Gasteiger partial charge in [-0.25, -0.2) is 4.98 Å². The quantitative estimate of drug-likeness (QED) is 0.308.